The van der Waals surface area contributed by atoms with E-state index >= 15 is 0 Å². The number of aliphatic hydroxyl groups excluding tert-OH is 2. The Hall–Kier alpha value is -1.67. The molecule has 176 valence electrons. The van der Waals surface area contributed by atoms with E-state index in [0.717, 1.165) is 21.5 Å². The zero-order valence-corrected chi connectivity index (χ0v) is 20.1. The van der Waals surface area contributed by atoms with Gasteiger partial charge in [-0.3, -0.25) is 4.98 Å². The summed E-state index contributed by atoms with van der Waals surface area (Å²) in [5.41, 5.74) is -0.352. The first-order chi connectivity index (χ1) is 15.8. The van der Waals surface area contributed by atoms with Crippen LogP contribution in [0.1, 0.15) is 6.04 Å². The van der Waals surface area contributed by atoms with Gasteiger partial charge in [-0.15, -0.1) is 5.10 Å². The van der Waals surface area contributed by atoms with Crippen LogP contribution in [0.25, 0.3) is 11.3 Å². The van der Waals surface area contributed by atoms with Crippen molar-refractivity contribution in [1.82, 2.24) is 20.0 Å². The van der Waals surface area contributed by atoms with E-state index in [9.17, 15) is 19.0 Å². The summed E-state index contributed by atoms with van der Waals surface area (Å²) in [6.07, 6.45) is 1.87. The minimum atomic E-state index is -1.20. The average Bonchev–Trinajstić information content (AvgIpc) is 3.27. The third-order valence-corrected chi connectivity index (χ3v) is 7.03. The Labute approximate surface area is 205 Å². The van der Waals surface area contributed by atoms with Crippen LogP contribution in [0.3, 0.4) is 0 Å². The summed E-state index contributed by atoms with van der Waals surface area (Å²) in [4.78, 5) is 4.90. The Kier molecular flexibility index (Phi) is 7.63. The molecule has 2 aromatic heterocycles. The van der Waals surface area contributed by atoms with Crippen molar-refractivity contribution in [2.45, 2.75) is 34.7 Å². The number of nitrogens with zero attached hydrogens (tertiary/aromatic N) is 4. The fourth-order valence-corrected chi connectivity index (χ4v) is 5.37. The molecule has 0 amide bonds. The number of thioether (sulfide) groups is 1. The predicted octanol–water partition coefficient (Wildman–Crippen LogP) is 3.46. The minimum absolute atomic E-state index is 0.126. The van der Waals surface area contributed by atoms with Crippen molar-refractivity contribution in [2.75, 3.05) is 13.7 Å². The molecule has 0 bridgehead atoms. The van der Waals surface area contributed by atoms with Crippen molar-refractivity contribution < 1.29 is 28.5 Å². The molecule has 1 fully saturated rings. The Balaban J connectivity index is 1.67. The van der Waals surface area contributed by atoms with Crippen molar-refractivity contribution in [1.29, 1.82) is 0 Å². The molecule has 8 nitrogen and oxygen atoms in total. The second-order valence-corrected chi connectivity index (χ2v) is 9.67. The highest BCUT2D eigenvalue weighted by Crippen LogP contribution is 2.40. The number of hydrogen-bond acceptors (Lipinski definition) is 8. The molecule has 3 heterocycles. The van der Waals surface area contributed by atoms with Gasteiger partial charge in [-0.1, -0.05) is 28.6 Å². The highest BCUT2D eigenvalue weighted by molar-refractivity contribution is 9.10. The summed E-state index contributed by atoms with van der Waals surface area (Å²) in [6, 6.07) is 3.12. The van der Waals surface area contributed by atoms with Crippen LogP contribution < -0.4 is 0 Å². The number of halogens is 4. The molecule has 33 heavy (non-hydrogen) atoms. The van der Waals surface area contributed by atoms with E-state index in [-0.39, 0.29) is 11.3 Å². The number of methoxy groups -OCH3 is 1. The molecule has 1 saturated heterocycles. The molecule has 0 radical (unpaired) electrons. The van der Waals surface area contributed by atoms with E-state index in [1.165, 1.54) is 29.8 Å². The monoisotopic (exact) mass is 562 g/mol. The summed E-state index contributed by atoms with van der Waals surface area (Å²) >= 11 is 10.2. The number of hydrogen-bond donors (Lipinski definition) is 2. The first kappa shape index (κ1) is 24.5. The minimum Gasteiger partial charge on any atom is -0.394 e. The summed E-state index contributed by atoms with van der Waals surface area (Å²) in [6.45, 7) is -0.447. The van der Waals surface area contributed by atoms with Crippen LogP contribution in [0.2, 0.25) is 5.02 Å². The lowest BCUT2D eigenvalue weighted by atomic mass is 9.97. The van der Waals surface area contributed by atoms with Gasteiger partial charge in [0.05, 0.1) is 12.8 Å². The van der Waals surface area contributed by atoms with Crippen molar-refractivity contribution >= 4 is 39.3 Å². The van der Waals surface area contributed by atoms with E-state index in [1.54, 1.807) is 12.4 Å². The summed E-state index contributed by atoms with van der Waals surface area (Å²) in [5, 5.41) is 28.1. The lowest BCUT2D eigenvalue weighted by Crippen LogP contribution is -2.55. The molecule has 4 rings (SSSR count). The van der Waals surface area contributed by atoms with Gasteiger partial charge in [0.1, 0.15) is 52.1 Å². The topological polar surface area (TPSA) is 103 Å². The normalized spacial score (nSPS) is 25.4. The van der Waals surface area contributed by atoms with E-state index in [1.807, 2.05) is 6.07 Å². The highest BCUT2D eigenvalue weighted by atomic mass is 79.9. The first-order valence-corrected chi connectivity index (χ1v) is 11.7. The molecule has 0 spiro atoms. The summed E-state index contributed by atoms with van der Waals surface area (Å²) < 4.78 is 41.5. The number of ether oxygens (including phenoxy) is 2. The lowest BCUT2D eigenvalue weighted by Gasteiger charge is -2.43. The lowest BCUT2D eigenvalue weighted by molar-refractivity contribution is -0.186. The van der Waals surface area contributed by atoms with Gasteiger partial charge in [-0.25, -0.2) is 13.5 Å². The SMILES string of the molecule is COC1[C@@H](Sc2cncc(Br)c2)OC(CO)[C@H](O)[C@@H]1n1cc(-c2cc(F)c(Cl)c(F)c2)nn1. The number of benzene rings is 1. The van der Waals surface area contributed by atoms with Gasteiger partial charge in [0.2, 0.25) is 0 Å². The molecule has 5 atom stereocenters. The van der Waals surface area contributed by atoms with Gasteiger partial charge < -0.3 is 19.7 Å². The quantitative estimate of drug-likeness (QED) is 0.440. The van der Waals surface area contributed by atoms with Crippen molar-refractivity contribution in [3.05, 3.63) is 57.9 Å². The van der Waals surface area contributed by atoms with E-state index in [0.29, 0.717) is 0 Å². The molecule has 1 aliphatic rings. The zero-order valence-electron chi connectivity index (χ0n) is 17.0. The zero-order chi connectivity index (χ0) is 23.7. The van der Waals surface area contributed by atoms with Gasteiger partial charge in [-0.2, -0.15) is 0 Å². The number of aliphatic hydroxyl groups is 2. The van der Waals surface area contributed by atoms with Crippen LogP contribution in [-0.4, -0.2) is 67.7 Å². The molecular formula is C20H18BrClF2N4O4S. The number of aromatic nitrogens is 4. The van der Waals surface area contributed by atoms with Crippen LogP contribution in [0.15, 0.2) is 46.2 Å². The molecule has 0 saturated carbocycles. The smallest absolute Gasteiger partial charge is 0.145 e. The van der Waals surface area contributed by atoms with Crippen molar-refractivity contribution in [3.8, 4) is 11.3 Å². The number of rotatable bonds is 6. The predicted molar refractivity (Wildman–Crippen MR) is 120 cm³/mol. The van der Waals surface area contributed by atoms with E-state index in [2.05, 4.69) is 31.2 Å². The molecule has 0 aliphatic carbocycles. The van der Waals surface area contributed by atoms with E-state index in [4.69, 9.17) is 21.1 Å². The Morgan fingerprint density at radius 2 is 2.00 bits per heavy atom. The molecule has 1 aromatic carbocycles. The third kappa shape index (κ3) is 5.06. The Bertz CT molecular complexity index is 1120. The summed E-state index contributed by atoms with van der Waals surface area (Å²) in [5.74, 6) is -1.86. The van der Waals surface area contributed by atoms with Gasteiger partial charge in [0, 0.05) is 34.4 Å². The fraction of sp³-hybridized carbons (Fsp3) is 0.350. The van der Waals surface area contributed by atoms with Crippen molar-refractivity contribution in [3.63, 3.8) is 0 Å². The standard InChI is InChI=1S/C20H18BrClF2N4O4S/c1-31-19-17(28-7-14(26-27-28)9-2-12(23)16(22)13(24)3-9)18(30)15(8-29)32-20(19)33-11-4-10(21)5-25-6-11/h2-7,15,17-20,29-30H,8H2,1H3/t15?,17-,18-,19?,20+/m0/s1. The fourth-order valence-electron chi connectivity index (χ4n) is 3.56. The molecule has 2 N–H and O–H groups in total. The molecule has 2 unspecified atom stereocenters. The Morgan fingerprint density at radius 3 is 2.64 bits per heavy atom. The molecule has 3 aromatic rings. The highest BCUT2D eigenvalue weighted by Gasteiger charge is 2.47. The summed E-state index contributed by atoms with van der Waals surface area (Å²) in [7, 11) is 1.46. The molecule has 1 aliphatic heterocycles. The van der Waals surface area contributed by atoms with E-state index < -0.39 is 53.1 Å². The van der Waals surface area contributed by atoms with Crippen LogP contribution >= 0.6 is 39.3 Å². The van der Waals surface area contributed by atoms with Crippen LogP contribution in [-0.2, 0) is 9.47 Å². The third-order valence-electron chi connectivity index (χ3n) is 5.12. The second kappa shape index (κ2) is 10.3. The van der Waals surface area contributed by atoms with Crippen molar-refractivity contribution in [2.24, 2.45) is 0 Å². The first-order valence-electron chi connectivity index (χ1n) is 9.63. The molecule has 13 heteroatoms. The number of pyridine rings is 1. The van der Waals surface area contributed by atoms with Gasteiger partial charge in [0.25, 0.3) is 0 Å². The van der Waals surface area contributed by atoms with Gasteiger partial charge >= 0.3 is 0 Å². The van der Waals surface area contributed by atoms with Crippen LogP contribution in [0.5, 0.6) is 0 Å². The molecular weight excluding hydrogens is 546 g/mol. The van der Waals surface area contributed by atoms with Crippen LogP contribution in [0, 0.1) is 11.6 Å². The van der Waals surface area contributed by atoms with Crippen LogP contribution in [0.4, 0.5) is 8.78 Å². The second-order valence-electron chi connectivity index (χ2n) is 7.20. The maximum atomic E-state index is 13.9. The van der Waals surface area contributed by atoms with Gasteiger partial charge in [-0.05, 0) is 34.1 Å². The van der Waals surface area contributed by atoms with Gasteiger partial charge in [0.15, 0.2) is 0 Å². The largest absolute Gasteiger partial charge is 0.394 e. The Morgan fingerprint density at radius 1 is 1.27 bits per heavy atom. The maximum absolute atomic E-state index is 13.9. The average molecular weight is 564 g/mol. The maximum Gasteiger partial charge on any atom is 0.145 e.